The number of carboxylic acid groups (broad SMARTS) is 1. The monoisotopic (exact) mass is 226 g/mol. The molecule has 2 rings (SSSR count). The summed E-state index contributed by atoms with van der Waals surface area (Å²) in [6, 6.07) is 3.35. The number of halogens is 2. The third kappa shape index (κ3) is 2.21. The van der Waals surface area contributed by atoms with Crippen LogP contribution in [0.2, 0.25) is 0 Å². The molecule has 2 unspecified atom stereocenters. The van der Waals surface area contributed by atoms with Gasteiger partial charge in [-0.2, -0.15) is 0 Å². The summed E-state index contributed by atoms with van der Waals surface area (Å²) in [6.07, 6.45) is 1.92. The van der Waals surface area contributed by atoms with Crippen LogP contribution in [0.25, 0.3) is 0 Å². The zero-order valence-electron chi connectivity index (χ0n) is 8.62. The van der Waals surface area contributed by atoms with Gasteiger partial charge in [0.1, 0.15) is 11.6 Å². The van der Waals surface area contributed by atoms with E-state index in [1.54, 1.807) is 0 Å². The van der Waals surface area contributed by atoms with E-state index in [1.807, 2.05) is 0 Å². The maximum absolute atomic E-state index is 12.9. The van der Waals surface area contributed by atoms with Crippen LogP contribution < -0.4 is 0 Å². The highest BCUT2D eigenvalue weighted by Gasteiger charge is 2.36. The van der Waals surface area contributed by atoms with Crippen molar-refractivity contribution in [3.8, 4) is 0 Å². The van der Waals surface area contributed by atoms with Crippen molar-refractivity contribution < 1.29 is 18.7 Å². The first kappa shape index (κ1) is 11.0. The van der Waals surface area contributed by atoms with Crippen molar-refractivity contribution >= 4 is 5.97 Å². The first-order chi connectivity index (χ1) is 7.56. The maximum atomic E-state index is 12.9. The number of hydrogen-bond donors (Lipinski definition) is 1. The predicted molar refractivity (Wildman–Crippen MR) is 53.9 cm³/mol. The van der Waals surface area contributed by atoms with Crippen LogP contribution in [0.3, 0.4) is 0 Å². The van der Waals surface area contributed by atoms with E-state index in [-0.39, 0.29) is 11.8 Å². The minimum atomic E-state index is -0.812. The van der Waals surface area contributed by atoms with Crippen LogP contribution in [-0.2, 0) is 11.2 Å². The van der Waals surface area contributed by atoms with Crippen LogP contribution in [0, 0.1) is 23.5 Å². The molecule has 2 nitrogen and oxygen atoms in total. The molecule has 4 heteroatoms. The quantitative estimate of drug-likeness (QED) is 0.860. The third-order valence-electron chi connectivity index (χ3n) is 3.15. The Hall–Kier alpha value is -1.45. The molecule has 2 atom stereocenters. The number of rotatable bonds is 3. The Morgan fingerprint density at radius 1 is 1.25 bits per heavy atom. The summed E-state index contributed by atoms with van der Waals surface area (Å²) in [4.78, 5) is 10.8. The van der Waals surface area contributed by atoms with Gasteiger partial charge in [0.2, 0.25) is 0 Å². The van der Waals surface area contributed by atoms with Crippen molar-refractivity contribution in [1.82, 2.24) is 0 Å². The van der Waals surface area contributed by atoms with E-state index in [2.05, 4.69) is 0 Å². The fraction of sp³-hybridized carbons (Fsp3) is 0.417. The lowest BCUT2D eigenvalue weighted by Gasteiger charge is -2.33. The summed E-state index contributed by atoms with van der Waals surface area (Å²) in [7, 11) is 0. The lowest BCUT2D eigenvalue weighted by Crippen LogP contribution is -2.34. The fourth-order valence-electron chi connectivity index (χ4n) is 2.17. The van der Waals surface area contributed by atoms with Gasteiger partial charge in [-0.05, 0) is 42.9 Å². The second-order valence-corrected chi connectivity index (χ2v) is 4.26. The van der Waals surface area contributed by atoms with E-state index in [9.17, 15) is 13.6 Å². The number of benzene rings is 1. The highest BCUT2D eigenvalue weighted by Crippen LogP contribution is 2.37. The normalized spacial score (nSPS) is 23.9. The molecule has 0 aliphatic heterocycles. The highest BCUT2D eigenvalue weighted by molar-refractivity contribution is 5.71. The molecule has 1 saturated carbocycles. The molecule has 1 fully saturated rings. The third-order valence-corrected chi connectivity index (χ3v) is 3.15. The van der Waals surface area contributed by atoms with Crippen LogP contribution in [0.5, 0.6) is 0 Å². The van der Waals surface area contributed by atoms with Crippen molar-refractivity contribution in [2.45, 2.75) is 19.3 Å². The molecule has 0 spiro atoms. The fourth-order valence-corrected chi connectivity index (χ4v) is 2.17. The number of carboxylic acids is 1. The van der Waals surface area contributed by atoms with Crippen molar-refractivity contribution in [3.05, 3.63) is 35.4 Å². The average molecular weight is 226 g/mol. The first-order valence-electron chi connectivity index (χ1n) is 5.24. The van der Waals surface area contributed by atoms with Crippen LogP contribution >= 0.6 is 0 Å². The van der Waals surface area contributed by atoms with E-state index in [4.69, 9.17) is 5.11 Å². The van der Waals surface area contributed by atoms with Gasteiger partial charge in [0.15, 0.2) is 0 Å². The largest absolute Gasteiger partial charge is 0.481 e. The summed E-state index contributed by atoms with van der Waals surface area (Å²) in [5.74, 6) is -2.37. The summed E-state index contributed by atoms with van der Waals surface area (Å²) < 4.78 is 25.8. The maximum Gasteiger partial charge on any atom is 0.306 e. The minimum Gasteiger partial charge on any atom is -0.481 e. The van der Waals surface area contributed by atoms with Gasteiger partial charge >= 0.3 is 5.97 Å². The molecule has 0 amide bonds. The molecule has 16 heavy (non-hydrogen) atoms. The average Bonchev–Trinajstić information content (AvgIpc) is 2.09. The van der Waals surface area contributed by atoms with Crippen molar-refractivity contribution in [1.29, 1.82) is 0 Å². The number of carbonyl (C=O) groups is 1. The minimum absolute atomic E-state index is 0.0127. The number of aliphatic carboxylic acids is 1. The first-order valence-corrected chi connectivity index (χ1v) is 5.24. The van der Waals surface area contributed by atoms with Crippen molar-refractivity contribution in [2.75, 3.05) is 0 Å². The summed E-state index contributed by atoms with van der Waals surface area (Å²) in [6.45, 7) is 0. The van der Waals surface area contributed by atoms with Crippen LogP contribution in [0.4, 0.5) is 8.78 Å². The Bertz CT molecular complexity index is 397. The van der Waals surface area contributed by atoms with E-state index < -0.39 is 17.6 Å². The zero-order chi connectivity index (χ0) is 11.7. The standard InChI is InChI=1S/C12H12F2O2/c13-9-4-7(5-10(14)6-9)3-8-1-2-11(8)12(15)16/h4-6,8,11H,1-3H2,(H,15,16). The zero-order valence-corrected chi connectivity index (χ0v) is 8.62. The molecule has 0 heterocycles. The molecular formula is C12H12F2O2. The Kier molecular flexibility index (Phi) is 2.90. The van der Waals surface area contributed by atoms with Gasteiger partial charge in [-0.25, -0.2) is 8.78 Å². The van der Waals surface area contributed by atoms with Crippen molar-refractivity contribution in [3.63, 3.8) is 0 Å². The van der Waals surface area contributed by atoms with Crippen LogP contribution in [0.15, 0.2) is 18.2 Å². The molecule has 0 saturated heterocycles. The van der Waals surface area contributed by atoms with Gasteiger partial charge < -0.3 is 5.11 Å². The summed E-state index contributed by atoms with van der Waals surface area (Å²) in [5, 5.41) is 8.84. The lowest BCUT2D eigenvalue weighted by atomic mass is 9.71. The van der Waals surface area contributed by atoms with E-state index >= 15 is 0 Å². The van der Waals surface area contributed by atoms with Gasteiger partial charge in [0.25, 0.3) is 0 Å². The molecule has 1 aliphatic rings. The van der Waals surface area contributed by atoms with Gasteiger partial charge in [0, 0.05) is 6.07 Å². The molecular weight excluding hydrogens is 214 g/mol. The topological polar surface area (TPSA) is 37.3 Å². The lowest BCUT2D eigenvalue weighted by molar-refractivity contribution is -0.147. The van der Waals surface area contributed by atoms with E-state index in [0.29, 0.717) is 18.4 Å². The second kappa shape index (κ2) is 4.20. The second-order valence-electron chi connectivity index (χ2n) is 4.26. The molecule has 1 aromatic carbocycles. The van der Waals surface area contributed by atoms with Gasteiger partial charge in [-0.15, -0.1) is 0 Å². The van der Waals surface area contributed by atoms with Crippen LogP contribution in [0.1, 0.15) is 18.4 Å². The Balaban J connectivity index is 2.07. The molecule has 0 aromatic heterocycles. The van der Waals surface area contributed by atoms with E-state index in [1.165, 1.54) is 12.1 Å². The van der Waals surface area contributed by atoms with Crippen LogP contribution in [-0.4, -0.2) is 11.1 Å². The van der Waals surface area contributed by atoms with Gasteiger partial charge in [-0.3, -0.25) is 4.79 Å². The van der Waals surface area contributed by atoms with Crippen molar-refractivity contribution in [2.24, 2.45) is 11.8 Å². The summed E-state index contributed by atoms with van der Waals surface area (Å²) >= 11 is 0. The summed E-state index contributed by atoms with van der Waals surface area (Å²) in [5.41, 5.74) is 0.536. The Labute approximate surface area is 91.9 Å². The molecule has 0 bridgehead atoms. The molecule has 1 aromatic rings. The predicted octanol–water partition coefficient (Wildman–Crippen LogP) is 2.62. The Morgan fingerprint density at radius 2 is 1.88 bits per heavy atom. The molecule has 1 aliphatic carbocycles. The highest BCUT2D eigenvalue weighted by atomic mass is 19.1. The van der Waals surface area contributed by atoms with E-state index in [0.717, 1.165) is 12.5 Å². The van der Waals surface area contributed by atoms with Gasteiger partial charge in [-0.1, -0.05) is 0 Å². The molecule has 0 radical (unpaired) electrons. The van der Waals surface area contributed by atoms with Gasteiger partial charge in [0.05, 0.1) is 5.92 Å². The molecule has 86 valence electrons. The smallest absolute Gasteiger partial charge is 0.306 e. The Morgan fingerprint density at radius 3 is 2.31 bits per heavy atom. The number of hydrogen-bond acceptors (Lipinski definition) is 1. The SMILES string of the molecule is O=C(O)C1CCC1Cc1cc(F)cc(F)c1. The molecule has 1 N–H and O–H groups in total.